The lowest BCUT2D eigenvalue weighted by molar-refractivity contribution is -0.121. The number of halogens is 1. The fourth-order valence-corrected chi connectivity index (χ4v) is 4.36. The molecule has 0 saturated heterocycles. The topological polar surface area (TPSA) is 89.3 Å². The Morgan fingerprint density at radius 3 is 2.51 bits per heavy atom. The molecule has 0 aliphatic carbocycles. The van der Waals surface area contributed by atoms with Crippen LogP contribution in [0.2, 0.25) is 0 Å². The molecule has 0 aliphatic rings. The summed E-state index contributed by atoms with van der Waals surface area (Å²) >= 11 is 1.45. The average Bonchev–Trinajstić information content (AvgIpc) is 3.29. The van der Waals surface area contributed by atoms with Crippen molar-refractivity contribution in [1.82, 2.24) is 20.1 Å². The van der Waals surface area contributed by atoms with Gasteiger partial charge >= 0.3 is 0 Å². The highest BCUT2D eigenvalue weighted by Crippen LogP contribution is 2.27. The third kappa shape index (κ3) is 6.60. The van der Waals surface area contributed by atoms with Crippen LogP contribution in [0.5, 0.6) is 11.5 Å². The zero-order valence-electron chi connectivity index (χ0n) is 19.1. The summed E-state index contributed by atoms with van der Waals surface area (Å²) in [5.74, 6) is 1.67. The van der Waals surface area contributed by atoms with Gasteiger partial charge in [0.05, 0.1) is 12.8 Å². The van der Waals surface area contributed by atoms with Gasteiger partial charge in [0, 0.05) is 31.2 Å². The van der Waals surface area contributed by atoms with Crippen LogP contribution < -0.4 is 10.1 Å². The predicted octanol–water partition coefficient (Wildman–Crippen LogP) is 4.66. The lowest BCUT2D eigenvalue weighted by Crippen LogP contribution is -2.23. The van der Waals surface area contributed by atoms with Crippen molar-refractivity contribution in [2.75, 3.05) is 7.11 Å². The van der Waals surface area contributed by atoms with Crippen LogP contribution in [0.3, 0.4) is 0 Å². The minimum absolute atomic E-state index is 0.105. The molecule has 0 atom stereocenters. The van der Waals surface area contributed by atoms with Gasteiger partial charge in [0.15, 0.2) is 5.16 Å². The molecule has 4 rings (SSSR count). The molecule has 0 spiro atoms. The normalized spacial score (nSPS) is 10.8. The molecule has 1 aromatic heterocycles. The van der Waals surface area contributed by atoms with Crippen LogP contribution in [0.4, 0.5) is 4.39 Å². The summed E-state index contributed by atoms with van der Waals surface area (Å²) in [6.07, 6.45) is 0.601. The Morgan fingerprint density at radius 2 is 1.80 bits per heavy atom. The monoisotopic (exact) mass is 492 g/mol. The van der Waals surface area contributed by atoms with Crippen molar-refractivity contribution < 1.29 is 19.0 Å². The maximum atomic E-state index is 13.2. The number of methoxy groups -OCH3 is 1. The van der Waals surface area contributed by atoms with Gasteiger partial charge in [0.1, 0.15) is 23.1 Å². The lowest BCUT2D eigenvalue weighted by atomic mass is 10.2. The number of hydrogen-bond acceptors (Lipinski definition) is 6. The molecule has 4 aromatic rings. The largest absolute Gasteiger partial charge is 0.508 e. The van der Waals surface area contributed by atoms with Crippen LogP contribution in [-0.2, 0) is 23.5 Å². The number of thioether (sulfide) groups is 1. The molecule has 0 aliphatic heterocycles. The van der Waals surface area contributed by atoms with Crippen molar-refractivity contribution in [2.45, 2.75) is 30.3 Å². The minimum Gasteiger partial charge on any atom is -0.508 e. The standard InChI is InChI=1S/C26H25FN4O3S/c1-34-23-11-7-18(8-12-23)16-28-25(33)14-13-24-29-30-26(31(24)21-3-2-4-22(32)15-21)35-17-19-5-9-20(27)10-6-19/h2-12,15,32H,13-14,16-17H2,1H3,(H,28,33). The Labute approximate surface area is 207 Å². The van der Waals surface area contributed by atoms with Crippen molar-refractivity contribution >= 4 is 17.7 Å². The molecule has 2 N–H and O–H groups in total. The van der Waals surface area contributed by atoms with Gasteiger partial charge in [0.25, 0.3) is 0 Å². The van der Waals surface area contributed by atoms with E-state index >= 15 is 0 Å². The number of nitrogens with one attached hydrogen (secondary N) is 1. The second-order valence-corrected chi connectivity index (χ2v) is 8.74. The minimum atomic E-state index is -0.283. The van der Waals surface area contributed by atoms with Gasteiger partial charge in [-0.05, 0) is 47.5 Å². The smallest absolute Gasteiger partial charge is 0.220 e. The van der Waals surface area contributed by atoms with Crippen LogP contribution in [0.25, 0.3) is 5.69 Å². The summed E-state index contributed by atoms with van der Waals surface area (Å²) in [5.41, 5.74) is 2.62. The van der Waals surface area contributed by atoms with Crippen LogP contribution in [0, 0.1) is 5.82 Å². The van der Waals surface area contributed by atoms with Crippen LogP contribution >= 0.6 is 11.8 Å². The van der Waals surface area contributed by atoms with Crippen molar-refractivity contribution in [3.05, 3.63) is 95.6 Å². The molecule has 0 radical (unpaired) electrons. The number of phenolic OH excluding ortho intramolecular Hbond substituents is 1. The number of rotatable bonds is 10. The Kier molecular flexibility index (Phi) is 7.99. The summed E-state index contributed by atoms with van der Waals surface area (Å²) in [5, 5.41) is 22.2. The highest BCUT2D eigenvalue weighted by Gasteiger charge is 2.16. The maximum absolute atomic E-state index is 13.2. The zero-order chi connectivity index (χ0) is 24.6. The van der Waals surface area contributed by atoms with Crippen molar-refractivity contribution in [3.8, 4) is 17.2 Å². The second kappa shape index (κ2) is 11.5. The molecular formula is C26H25FN4O3S. The van der Waals surface area contributed by atoms with Gasteiger partial charge in [-0.1, -0.05) is 42.1 Å². The molecule has 3 aromatic carbocycles. The average molecular weight is 493 g/mol. The number of amides is 1. The number of aromatic nitrogens is 3. The molecule has 0 saturated carbocycles. The fourth-order valence-electron chi connectivity index (χ4n) is 3.43. The van der Waals surface area contributed by atoms with Gasteiger partial charge < -0.3 is 15.2 Å². The van der Waals surface area contributed by atoms with E-state index in [1.807, 2.05) is 34.9 Å². The van der Waals surface area contributed by atoms with E-state index in [9.17, 15) is 14.3 Å². The molecule has 7 nitrogen and oxygen atoms in total. The van der Waals surface area contributed by atoms with Crippen molar-refractivity contribution in [2.24, 2.45) is 0 Å². The van der Waals surface area contributed by atoms with E-state index in [0.29, 0.717) is 35.4 Å². The highest BCUT2D eigenvalue weighted by atomic mass is 32.2. The Hall–Kier alpha value is -3.85. The third-order valence-electron chi connectivity index (χ3n) is 5.29. The van der Waals surface area contributed by atoms with E-state index in [0.717, 1.165) is 16.9 Å². The number of nitrogens with zero attached hydrogens (tertiary/aromatic N) is 3. The van der Waals surface area contributed by atoms with Crippen molar-refractivity contribution in [1.29, 1.82) is 0 Å². The first-order valence-corrected chi connectivity index (χ1v) is 12.0. The molecule has 1 heterocycles. The van der Waals surface area contributed by atoms with Crippen LogP contribution in [-0.4, -0.2) is 32.9 Å². The molecular weight excluding hydrogens is 467 g/mol. The number of hydrogen-bond donors (Lipinski definition) is 2. The van der Waals surface area contributed by atoms with E-state index < -0.39 is 0 Å². The summed E-state index contributed by atoms with van der Waals surface area (Å²) < 4.78 is 20.2. The summed E-state index contributed by atoms with van der Waals surface area (Å²) in [7, 11) is 1.61. The number of carbonyl (C=O) groups is 1. The van der Waals surface area contributed by atoms with E-state index in [1.54, 1.807) is 37.4 Å². The number of phenols is 1. The van der Waals surface area contributed by atoms with E-state index in [1.165, 1.54) is 23.9 Å². The van der Waals surface area contributed by atoms with E-state index in [2.05, 4.69) is 15.5 Å². The molecule has 0 fully saturated rings. The van der Waals surface area contributed by atoms with Crippen LogP contribution in [0.15, 0.2) is 78.0 Å². The molecule has 9 heteroatoms. The van der Waals surface area contributed by atoms with Gasteiger partial charge in [-0.2, -0.15) is 0 Å². The summed E-state index contributed by atoms with van der Waals surface area (Å²) in [6.45, 7) is 0.418. The molecule has 0 bridgehead atoms. The zero-order valence-corrected chi connectivity index (χ0v) is 20.0. The third-order valence-corrected chi connectivity index (χ3v) is 6.29. The quantitative estimate of drug-likeness (QED) is 0.313. The lowest BCUT2D eigenvalue weighted by Gasteiger charge is -2.11. The molecule has 35 heavy (non-hydrogen) atoms. The second-order valence-electron chi connectivity index (χ2n) is 7.79. The van der Waals surface area contributed by atoms with Gasteiger partial charge in [-0.3, -0.25) is 9.36 Å². The highest BCUT2D eigenvalue weighted by molar-refractivity contribution is 7.98. The number of aryl methyl sites for hydroxylation is 1. The van der Waals surface area contributed by atoms with Gasteiger partial charge in [0.2, 0.25) is 5.91 Å². The number of aromatic hydroxyl groups is 1. The van der Waals surface area contributed by atoms with Gasteiger partial charge in [-0.15, -0.1) is 10.2 Å². The van der Waals surface area contributed by atoms with E-state index in [4.69, 9.17) is 4.74 Å². The number of carbonyl (C=O) groups excluding carboxylic acids is 1. The SMILES string of the molecule is COc1ccc(CNC(=O)CCc2nnc(SCc3ccc(F)cc3)n2-c2cccc(O)c2)cc1. The summed E-state index contributed by atoms with van der Waals surface area (Å²) in [6, 6.07) is 20.6. The Morgan fingerprint density at radius 1 is 1.06 bits per heavy atom. The molecule has 180 valence electrons. The number of ether oxygens (including phenoxy) is 1. The van der Waals surface area contributed by atoms with Gasteiger partial charge in [-0.25, -0.2) is 4.39 Å². The van der Waals surface area contributed by atoms with E-state index in [-0.39, 0.29) is 23.9 Å². The van der Waals surface area contributed by atoms with Crippen LogP contribution in [0.1, 0.15) is 23.4 Å². The first-order valence-electron chi connectivity index (χ1n) is 11.0. The Balaban J connectivity index is 1.44. The molecule has 1 amide bonds. The maximum Gasteiger partial charge on any atom is 0.220 e. The van der Waals surface area contributed by atoms with Crippen molar-refractivity contribution in [3.63, 3.8) is 0 Å². The first-order chi connectivity index (χ1) is 17.0. The fraction of sp³-hybridized carbons (Fsp3) is 0.192. The predicted molar refractivity (Wildman–Crippen MR) is 132 cm³/mol. The first kappa shape index (κ1) is 24.3. The Bertz CT molecular complexity index is 1280. The molecule has 0 unspecified atom stereocenters. The summed E-state index contributed by atoms with van der Waals surface area (Å²) in [4.78, 5) is 12.5. The number of benzene rings is 3.